The van der Waals surface area contributed by atoms with E-state index in [1.54, 1.807) is 20.3 Å². The first-order chi connectivity index (χ1) is 10.2. The molecule has 0 unspecified atom stereocenters. The first-order valence-electron chi connectivity index (χ1n) is 6.48. The van der Waals surface area contributed by atoms with Crippen LogP contribution >= 0.6 is 0 Å². The molecule has 1 aliphatic heterocycles. The Kier molecular flexibility index (Phi) is 3.36. The molecule has 106 valence electrons. The van der Waals surface area contributed by atoms with Crippen LogP contribution in [0.4, 0.5) is 0 Å². The van der Waals surface area contributed by atoms with Gasteiger partial charge in [0.25, 0.3) is 0 Å². The molecule has 0 saturated carbocycles. The number of hydrogen-bond acceptors (Lipinski definition) is 4. The summed E-state index contributed by atoms with van der Waals surface area (Å²) in [5.74, 6) is 1.51. The number of esters is 1. The Morgan fingerprint density at radius 1 is 0.952 bits per heavy atom. The van der Waals surface area contributed by atoms with E-state index in [1.807, 2.05) is 42.5 Å². The predicted molar refractivity (Wildman–Crippen MR) is 79.3 cm³/mol. The van der Waals surface area contributed by atoms with Crippen LogP contribution in [0.3, 0.4) is 0 Å². The monoisotopic (exact) mass is 282 g/mol. The maximum atomic E-state index is 11.8. The highest BCUT2D eigenvalue weighted by Gasteiger charge is 2.25. The van der Waals surface area contributed by atoms with Gasteiger partial charge in [-0.25, -0.2) is 4.79 Å². The van der Waals surface area contributed by atoms with Crippen molar-refractivity contribution in [2.24, 2.45) is 0 Å². The molecule has 0 bridgehead atoms. The van der Waals surface area contributed by atoms with Crippen LogP contribution in [0.15, 0.2) is 42.5 Å². The molecule has 0 saturated heterocycles. The highest BCUT2D eigenvalue weighted by molar-refractivity contribution is 6.05. The zero-order chi connectivity index (χ0) is 14.8. The van der Waals surface area contributed by atoms with Crippen LogP contribution in [0.5, 0.6) is 11.5 Å². The fourth-order valence-corrected chi connectivity index (χ4v) is 2.29. The smallest absolute Gasteiger partial charge is 0.344 e. The SMILES string of the molecule is COc1ccc(/C=C2\OC(=O)c3ccccc32)cc1OC. The van der Waals surface area contributed by atoms with Gasteiger partial charge in [0.05, 0.1) is 19.8 Å². The van der Waals surface area contributed by atoms with Crippen LogP contribution in [-0.2, 0) is 4.74 Å². The average molecular weight is 282 g/mol. The van der Waals surface area contributed by atoms with Gasteiger partial charge in [0, 0.05) is 5.56 Å². The van der Waals surface area contributed by atoms with Crippen molar-refractivity contribution in [2.45, 2.75) is 0 Å². The summed E-state index contributed by atoms with van der Waals surface area (Å²) in [4.78, 5) is 11.8. The van der Waals surface area contributed by atoms with E-state index in [2.05, 4.69) is 0 Å². The van der Waals surface area contributed by atoms with Crippen LogP contribution < -0.4 is 9.47 Å². The summed E-state index contributed by atoms with van der Waals surface area (Å²) in [5, 5.41) is 0. The number of methoxy groups -OCH3 is 2. The molecule has 0 amide bonds. The minimum Gasteiger partial charge on any atom is -0.493 e. The van der Waals surface area contributed by atoms with Crippen LogP contribution in [0.25, 0.3) is 11.8 Å². The second-order valence-corrected chi connectivity index (χ2v) is 4.56. The fourth-order valence-electron chi connectivity index (χ4n) is 2.29. The zero-order valence-corrected chi connectivity index (χ0v) is 11.8. The highest BCUT2D eigenvalue weighted by atomic mass is 16.5. The second-order valence-electron chi connectivity index (χ2n) is 4.56. The maximum Gasteiger partial charge on any atom is 0.344 e. The molecule has 0 radical (unpaired) electrons. The van der Waals surface area contributed by atoms with Crippen molar-refractivity contribution < 1.29 is 19.0 Å². The topological polar surface area (TPSA) is 44.8 Å². The van der Waals surface area contributed by atoms with Gasteiger partial charge in [-0.2, -0.15) is 0 Å². The van der Waals surface area contributed by atoms with Crippen molar-refractivity contribution in [3.05, 3.63) is 59.2 Å². The first-order valence-corrected chi connectivity index (χ1v) is 6.48. The van der Waals surface area contributed by atoms with Gasteiger partial charge in [0.2, 0.25) is 0 Å². The third-order valence-electron chi connectivity index (χ3n) is 3.32. The van der Waals surface area contributed by atoms with Gasteiger partial charge in [0.15, 0.2) is 11.5 Å². The van der Waals surface area contributed by atoms with Gasteiger partial charge >= 0.3 is 5.97 Å². The third kappa shape index (κ3) is 2.36. The molecule has 0 spiro atoms. The average Bonchev–Trinajstić information content (AvgIpc) is 2.84. The normalized spacial score (nSPS) is 14.8. The molecule has 3 rings (SSSR count). The number of fused-ring (bicyclic) bond motifs is 1. The highest BCUT2D eigenvalue weighted by Crippen LogP contribution is 2.33. The Balaban J connectivity index is 2.02. The molecule has 2 aromatic carbocycles. The lowest BCUT2D eigenvalue weighted by Gasteiger charge is -2.08. The van der Waals surface area contributed by atoms with E-state index in [4.69, 9.17) is 14.2 Å². The number of benzene rings is 2. The van der Waals surface area contributed by atoms with Gasteiger partial charge in [-0.05, 0) is 29.8 Å². The van der Waals surface area contributed by atoms with E-state index in [9.17, 15) is 4.79 Å². The third-order valence-corrected chi connectivity index (χ3v) is 3.32. The Hall–Kier alpha value is -2.75. The number of rotatable bonds is 3. The van der Waals surface area contributed by atoms with Crippen molar-refractivity contribution in [1.29, 1.82) is 0 Å². The van der Waals surface area contributed by atoms with E-state index in [1.165, 1.54) is 0 Å². The fraction of sp³-hybridized carbons (Fsp3) is 0.118. The minimum absolute atomic E-state index is 0.322. The Labute approximate surface area is 122 Å². The minimum atomic E-state index is -0.322. The Morgan fingerprint density at radius 2 is 1.67 bits per heavy atom. The summed E-state index contributed by atoms with van der Waals surface area (Å²) >= 11 is 0. The molecule has 0 fully saturated rings. The van der Waals surface area contributed by atoms with Crippen molar-refractivity contribution in [3.8, 4) is 11.5 Å². The molecule has 0 atom stereocenters. The van der Waals surface area contributed by atoms with Gasteiger partial charge in [-0.3, -0.25) is 0 Å². The van der Waals surface area contributed by atoms with Crippen molar-refractivity contribution in [1.82, 2.24) is 0 Å². The van der Waals surface area contributed by atoms with E-state index >= 15 is 0 Å². The summed E-state index contributed by atoms with van der Waals surface area (Å²) in [6, 6.07) is 12.8. The van der Waals surface area contributed by atoms with Crippen molar-refractivity contribution in [2.75, 3.05) is 14.2 Å². The number of carbonyl (C=O) groups excluding carboxylic acids is 1. The molecule has 1 aliphatic rings. The molecule has 2 aromatic rings. The Morgan fingerprint density at radius 3 is 2.38 bits per heavy atom. The summed E-state index contributed by atoms with van der Waals surface area (Å²) in [6.07, 6.45) is 1.81. The van der Waals surface area contributed by atoms with Crippen LogP contribution in [0, 0.1) is 0 Å². The summed E-state index contributed by atoms with van der Waals surface area (Å²) in [7, 11) is 3.17. The van der Waals surface area contributed by atoms with Gasteiger partial charge in [-0.15, -0.1) is 0 Å². The lowest BCUT2D eigenvalue weighted by Crippen LogP contribution is -1.92. The Bertz CT molecular complexity index is 731. The van der Waals surface area contributed by atoms with E-state index < -0.39 is 0 Å². The summed E-state index contributed by atoms with van der Waals surface area (Å²) in [5.41, 5.74) is 2.26. The van der Waals surface area contributed by atoms with Crippen LogP contribution in [-0.4, -0.2) is 20.2 Å². The van der Waals surface area contributed by atoms with Crippen molar-refractivity contribution in [3.63, 3.8) is 0 Å². The van der Waals surface area contributed by atoms with E-state index in [0.717, 1.165) is 11.1 Å². The molecule has 0 aliphatic carbocycles. The van der Waals surface area contributed by atoms with Crippen LogP contribution in [0.1, 0.15) is 21.5 Å². The molecular formula is C17H14O4. The summed E-state index contributed by atoms with van der Waals surface area (Å²) in [6.45, 7) is 0. The molecule has 4 heteroatoms. The second kappa shape index (κ2) is 5.32. The molecule has 0 aromatic heterocycles. The number of hydrogen-bond donors (Lipinski definition) is 0. The van der Waals surface area contributed by atoms with Crippen molar-refractivity contribution >= 4 is 17.8 Å². The molecule has 4 nitrogen and oxygen atoms in total. The predicted octanol–water partition coefficient (Wildman–Crippen LogP) is 3.37. The quantitative estimate of drug-likeness (QED) is 0.810. The van der Waals surface area contributed by atoms with Gasteiger partial charge < -0.3 is 14.2 Å². The van der Waals surface area contributed by atoms with Gasteiger partial charge in [-0.1, -0.05) is 24.3 Å². The molecule has 1 heterocycles. The molecule has 21 heavy (non-hydrogen) atoms. The maximum absolute atomic E-state index is 11.8. The van der Waals surface area contributed by atoms with E-state index in [-0.39, 0.29) is 5.97 Å². The number of ether oxygens (including phenoxy) is 3. The largest absolute Gasteiger partial charge is 0.493 e. The zero-order valence-electron chi connectivity index (χ0n) is 11.8. The lowest BCUT2D eigenvalue weighted by atomic mass is 10.1. The number of carbonyl (C=O) groups is 1. The molecule has 0 N–H and O–H groups in total. The van der Waals surface area contributed by atoms with Gasteiger partial charge in [0.1, 0.15) is 5.76 Å². The standard InChI is InChI=1S/C17H14O4/c1-19-14-8-7-11(10-16(14)20-2)9-15-12-5-3-4-6-13(12)17(18)21-15/h3-10H,1-2H3/b15-9-. The first kappa shape index (κ1) is 13.2. The van der Waals surface area contributed by atoms with E-state index in [0.29, 0.717) is 22.8 Å². The van der Waals surface area contributed by atoms with Crippen LogP contribution in [0.2, 0.25) is 0 Å². The lowest BCUT2D eigenvalue weighted by molar-refractivity contribution is 0.0717. The number of cyclic esters (lactones) is 1. The summed E-state index contributed by atoms with van der Waals surface area (Å²) < 4.78 is 15.8. The molecular weight excluding hydrogens is 268 g/mol.